The fraction of sp³-hybridized carbons (Fsp3) is 0.158. The molecule has 1 aromatic carbocycles. The molecule has 0 saturated heterocycles. The first-order valence-electron chi connectivity index (χ1n) is 8.09. The van der Waals surface area contributed by atoms with Crippen LogP contribution in [0.25, 0.3) is 0 Å². The largest absolute Gasteiger partial charge is 0.365 e. The summed E-state index contributed by atoms with van der Waals surface area (Å²) in [5.74, 6) is -1.73. The smallest absolute Gasteiger partial charge is 0.255 e. The van der Waals surface area contributed by atoms with E-state index in [2.05, 4.69) is 31.5 Å². The van der Waals surface area contributed by atoms with E-state index in [1.807, 2.05) is 19.1 Å². The van der Waals surface area contributed by atoms with Crippen molar-refractivity contribution >= 4 is 39.0 Å². The molecule has 2 heterocycles. The molecule has 2 N–H and O–H groups in total. The molecule has 3 aromatic rings. The molecule has 27 heavy (non-hydrogen) atoms. The Hall–Kier alpha value is -2.32. The van der Waals surface area contributed by atoms with Crippen LogP contribution in [-0.4, -0.2) is 10.9 Å². The standard InChI is InChI=1S/C19H16BrF2N3OS/c1-11-6-14(18(23-8-11)24-10-13-3-5-17(20)27-13)19(26)25-9-12-2-4-15(21)16(22)7-12/h2-8H,9-10H2,1H3,(H,23,24)(H,25,26). The highest BCUT2D eigenvalue weighted by Gasteiger charge is 2.14. The maximum Gasteiger partial charge on any atom is 0.255 e. The molecule has 0 atom stereocenters. The lowest BCUT2D eigenvalue weighted by atomic mass is 10.1. The molecule has 2 aromatic heterocycles. The minimum absolute atomic E-state index is 0.0846. The van der Waals surface area contributed by atoms with Gasteiger partial charge in [0, 0.05) is 17.6 Å². The third kappa shape index (κ3) is 5.11. The summed E-state index contributed by atoms with van der Waals surface area (Å²) in [5, 5.41) is 5.89. The Bertz CT molecular complexity index is 977. The van der Waals surface area contributed by atoms with Crippen LogP contribution < -0.4 is 10.6 Å². The molecule has 0 aliphatic carbocycles. The van der Waals surface area contributed by atoms with Crippen LogP contribution >= 0.6 is 27.3 Å². The Morgan fingerprint density at radius 3 is 2.67 bits per heavy atom. The number of aromatic nitrogens is 1. The Labute approximate surface area is 167 Å². The van der Waals surface area contributed by atoms with Gasteiger partial charge in [0.2, 0.25) is 0 Å². The molecule has 140 valence electrons. The molecule has 1 amide bonds. The number of halogens is 3. The molecule has 8 heteroatoms. The number of nitrogens with zero attached hydrogens (tertiary/aromatic N) is 1. The van der Waals surface area contributed by atoms with Gasteiger partial charge in [-0.1, -0.05) is 6.07 Å². The normalized spacial score (nSPS) is 10.7. The van der Waals surface area contributed by atoms with Crippen LogP contribution in [0.5, 0.6) is 0 Å². The molecule has 0 radical (unpaired) electrons. The second-order valence-electron chi connectivity index (χ2n) is 5.90. The van der Waals surface area contributed by atoms with E-state index in [0.717, 1.165) is 26.4 Å². The number of benzene rings is 1. The van der Waals surface area contributed by atoms with Gasteiger partial charge in [-0.3, -0.25) is 4.79 Å². The minimum atomic E-state index is -0.941. The predicted molar refractivity (Wildman–Crippen MR) is 106 cm³/mol. The summed E-state index contributed by atoms with van der Waals surface area (Å²) in [6, 6.07) is 9.22. The van der Waals surface area contributed by atoms with Crippen molar-refractivity contribution in [1.29, 1.82) is 0 Å². The average Bonchev–Trinajstić information content (AvgIpc) is 3.06. The van der Waals surface area contributed by atoms with Crippen molar-refractivity contribution in [2.24, 2.45) is 0 Å². The van der Waals surface area contributed by atoms with E-state index in [-0.39, 0.29) is 12.5 Å². The van der Waals surface area contributed by atoms with Crippen molar-refractivity contribution in [3.63, 3.8) is 0 Å². The maximum absolute atomic E-state index is 13.3. The fourth-order valence-corrected chi connectivity index (χ4v) is 3.85. The fourth-order valence-electron chi connectivity index (χ4n) is 2.43. The van der Waals surface area contributed by atoms with Gasteiger partial charge in [0.1, 0.15) is 5.82 Å². The second kappa shape index (κ2) is 8.58. The van der Waals surface area contributed by atoms with Crippen LogP contribution in [-0.2, 0) is 13.1 Å². The Balaban J connectivity index is 1.70. The van der Waals surface area contributed by atoms with Gasteiger partial charge in [-0.15, -0.1) is 11.3 Å². The Kier molecular flexibility index (Phi) is 6.18. The quantitative estimate of drug-likeness (QED) is 0.552. The van der Waals surface area contributed by atoms with Crippen molar-refractivity contribution in [2.75, 3.05) is 5.32 Å². The lowest BCUT2D eigenvalue weighted by Gasteiger charge is -2.12. The lowest BCUT2D eigenvalue weighted by Crippen LogP contribution is -2.24. The monoisotopic (exact) mass is 451 g/mol. The first-order chi connectivity index (χ1) is 12.9. The number of nitrogens with one attached hydrogen (secondary N) is 2. The van der Waals surface area contributed by atoms with Gasteiger partial charge in [0.05, 0.1) is 15.9 Å². The van der Waals surface area contributed by atoms with Crippen LogP contribution in [0, 0.1) is 18.6 Å². The van der Waals surface area contributed by atoms with E-state index in [4.69, 9.17) is 0 Å². The summed E-state index contributed by atoms with van der Waals surface area (Å²) >= 11 is 5.01. The van der Waals surface area contributed by atoms with E-state index < -0.39 is 11.6 Å². The molecule has 0 bridgehead atoms. The highest BCUT2D eigenvalue weighted by atomic mass is 79.9. The highest BCUT2D eigenvalue weighted by molar-refractivity contribution is 9.11. The van der Waals surface area contributed by atoms with Gasteiger partial charge < -0.3 is 10.6 Å². The summed E-state index contributed by atoms with van der Waals surface area (Å²) in [6.07, 6.45) is 1.68. The molecule has 3 rings (SSSR count). The van der Waals surface area contributed by atoms with Crippen molar-refractivity contribution < 1.29 is 13.6 Å². The summed E-state index contributed by atoms with van der Waals surface area (Å²) in [5.41, 5.74) is 1.71. The number of thiophene rings is 1. The Morgan fingerprint density at radius 1 is 1.15 bits per heavy atom. The van der Waals surface area contributed by atoms with E-state index in [0.29, 0.717) is 23.5 Å². The molecular formula is C19H16BrF2N3OS. The van der Waals surface area contributed by atoms with Gasteiger partial charge in [-0.2, -0.15) is 0 Å². The van der Waals surface area contributed by atoms with Gasteiger partial charge in [-0.05, 0) is 64.3 Å². The third-order valence-electron chi connectivity index (χ3n) is 3.77. The number of anilines is 1. The van der Waals surface area contributed by atoms with Crippen LogP contribution in [0.15, 0.2) is 46.4 Å². The number of hydrogen-bond donors (Lipinski definition) is 2. The highest BCUT2D eigenvalue weighted by Crippen LogP contribution is 2.23. The summed E-state index contributed by atoms with van der Waals surface area (Å²) in [6.45, 7) is 2.47. The molecule has 0 fully saturated rings. The zero-order valence-corrected chi connectivity index (χ0v) is 16.8. The number of pyridine rings is 1. The summed E-state index contributed by atoms with van der Waals surface area (Å²) in [4.78, 5) is 18.0. The summed E-state index contributed by atoms with van der Waals surface area (Å²) < 4.78 is 27.3. The number of carbonyl (C=O) groups is 1. The van der Waals surface area contributed by atoms with Crippen LogP contribution in [0.1, 0.15) is 26.4 Å². The van der Waals surface area contributed by atoms with E-state index in [9.17, 15) is 13.6 Å². The van der Waals surface area contributed by atoms with Crippen LogP contribution in [0.4, 0.5) is 14.6 Å². The molecule has 0 unspecified atom stereocenters. The first kappa shape index (κ1) is 19.4. The van der Waals surface area contributed by atoms with E-state index >= 15 is 0 Å². The first-order valence-corrected chi connectivity index (χ1v) is 9.70. The van der Waals surface area contributed by atoms with Gasteiger partial charge in [-0.25, -0.2) is 13.8 Å². The molecule has 0 saturated carbocycles. The lowest BCUT2D eigenvalue weighted by molar-refractivity contribution is 0.0951. The molecule has 0 aliphatic heterocycles. The van der Waals surface area contributed by atoms with Gasteiger partial charge in [0.25, 0.3) is 5.91 Å². The second-order valence-corrected chi connectivity index (χ2v) is 8.45. The number of amides is 1. The molecule has 0 aliphatic rings. The van der Waals surface area contributed by atoms with E-state index in [1.54, 1.807) is 23.6 Å². The zero-order valence-electron chi connectivity index (χ0n) is 14.4. The number of hydrogen-bond acceptors (Lipinski definition) is 4. The topological polar surface area (TPSA) is 54.0 Å². The van der Waals surface area contributed by atoms with Gasteiger partial charge in [0.15, 0.2) is 11.6 Å². The van der Waals surface area contributed by atoms with Crippen LogP contribution in [0.2, 0.25) is 0 Å². The van der Waals surface area contributed by atoms with E-state index in [1.165, 1.54) is 6.07 Å². The zero-order chi connectivity index (χ0) is 19.4. The average molecular weight is 452 g/mol. The van der Waals surface area contributed by atoms with Crippen LogP contribution in [0.3, 0.4) is 0 Å². The summed E-state index contributed by atoms with van der Waals surface area (Å²) in [7, 11) is 0. The van der Waals surface area contributed by atoms with Crippen molar-refractivity contribution in [3.05, 3.63) is 79.6 Å². The predicted octanol–water partition coefficient (Wildman–Crippen LogP) is 5.03. The molecular weight excluding hydrogens is 436 g/mol. The minimum Gasteiger partial charge on any atom is -0.365 e. The molecule has 4 nitrogen and oxygen atoms in total. The number of aryl methyl sites for hydroxylation is 1. The Morgan fingerprint density at radius 2 is 1.96 bits per heavy atom. The van der Waals surface area contributed by atoms with Crippen molar-refractivity contribution in [3.8, 4) is 0 Å². The molecule has 0 spiro atoms. The third-order valence-corrected chi connectivity index (χ3v) is 5.39. The number of rotatable bonds is 6. The van der Waals surface area contributed by atoms with Crippen molar-refractivity contribution in [2.45, 2.75) is 20.0 Å². The maximum atomic E-state index is 13.3. The van der Waals surface area contributed by atoms with Crippen molar-refractivity contribution in [1.82, 2.24) is 10.3 Å². The SMILES string of the molecule is Cc1cnc(NCc2ccc(Br)s2)c(C(=O)NCc2ccc(F)c(F)c2)c1. The number of carbonyl (C=O) groups excluding carboxylic acids is 1. The van der Waals surface area contributed by atoms with Gasteiger partial charge >= 0.3 is 0 Å².